The van der Waals surface area contributed by atoms with Gasteiger partial charge in [0, 0.05) is 29.2 Å². The lowest BCUT2D eigenvalue weighted by Crippen LogP contribution is -2.22. The van der Waals surface area contributed by atoms with Crippen LogP contribution in [0.5, 0.6) is 5.75 Å². The third kappa shape index (κ3) is 3.48. The van der Waals surface area contributed by atoms with Gasteiger partial charge >= 0.3 is 0 Å². The van der Waals surface area contributed by atoms with Crippen LogP contribution in [0.4, 0.5) is 5.13 Å². The smallest absolute Gasteiger partial charge is 0.180 e. The number of nitrogens with two attached hydrogens (primary N) is 1. The largest absolute Gasteiger partial charge is 0.496 e. The number of anilines is 1. The molecule has 0 spiro atoms. The van der Waals surface area contributed by atoms with E-state index >= 15 is 0 Å². The first-order chi connectivity index (χ1) is 9.78. The normalized spacial score (nSPS) is 18.4. The summed E-state index contributed by atoms with van der Waals surface area (Å²) in [5, 5.41) is 0.646. The zero-order valence-corrected chi connectivity index (χ0v) is 13.6. The van der Waals surface area contributed by atoms with Crippen molar-refractivity contribution in [2.75, 3.05) is 19.4 Å². The molecule has 0 radical (unpaired) electrons. The lowest BCUT2D eigenvalue weighted by atomic mass is 10.0. The van der Waals surface area contributed by atoms with E-state index in [-0.39, 0.29) is 12.4 Å². The summed E-state index contributed by atoms with van der Waals surface area (Å²) in [6.45, 7) is 2.03. The van der Waals surface area contributed by atoms with Gasteiger partial charge in [0.05, 0.1) is 7.11 Å². The van der Waals surface area contributed by atoms with Crippen molar-refractivity contribution >= 4 is 28.9 Å². The highest BCUT2D eigenvalue weighted by molar-refractivity contribution is 7.15. The number of para-hydroxylation sites is 1. The summed E-state index contributed by atoms with van der Waals surface area (Å²) in [6, 6.07) is 8.73. The molecule has 2 heterocycles. The predicted octanol–water partition coefficient (Wildman–Crippen LogP) is 3.49. The summed E-state index contributed by atoms with van der Waals surface area (Å²) in [5.41, 5.74) is 7.00. The second-order valence-electron chi connectivity index (χ2n) is 5.04. The molecule has 0 amide bonds. The number of thiazole rings is 1. The number of ether oxygens (including phenoxy) is 1. The van der Waals surface area contributed by atoms with E-state index in [0.717, 1.165) is 18.8 Å². The topological polar surface area (TPSA) is 51.4 Å². The van der Waals surface area contributed by atoms with Crippen LogP contribution in [0.25, 0.3) is 0 Å². The number of hydrogen-bond acceptors (Lipinski definition) is 5. The first kappa shape index (κ1) is 16.1. The molecule has 114 valence electrons. The van der Waals surface area contributed by atoms with Crippen molar-refractivity contribution in [3.8, 4) is 5.75 Å². The van der Waals surface area contributed by atoms with Crippen LogP contribution in [0.15, 0.2) is 30.5 Å². The molecule has 1 fully saturated rings. The Morgan fingerprint density at radius 1 is 1.43 bits per heavy atom. The molecule has 0 saturated carbocycles. The highest BCUT2D eigenvalue weighted by Crippen LogP contribution is 2.38. The predicted molar refractivity (Wildman–Crippen MR) is 89.2 cm³/mol. The lowest BCUT2D eigenvalue weighted by molar-refractivity contribution is 0.245. The average Bonchev–Trinajstić information content (AvgIpc) is 3.08. The zero-order valence-electron chi connectivity index (χ0n) is 12.0. The molecule has 4 nitrogen and oxygen atoms in total. The SMILES string of the molecule is COc1ccccc1C1CCCN1Cc1cnc(N)s1.Cl. The van der Waals surface area contributed by atoms with Crippen molar-refractivity contribution in [2.45, 2.75) is 25.4 Å². The Labute approximate surface area is 135 Å². The van der Waals surface area contributed by atoms with Gasteiger partial charge in [-0.1, -0.05) is 18.2 Å². The number of rotatable bonds is 4. The second kappa shape index (κ2) is 7.11. The van der Waals surface area contributed by atoms with E-state index in [1.165, 1.54) is 23.3 Å². The van der Waals surface area contributed by atoms with Crippen LogP contribution in [0, 0.1) is 0 Å². The van der Waals surface area contributed by atoms with Gasteiger partial charge in [0.2, 0.25) is 0 Å². The number of aromatic nitrogens is 1. The maximum atomic E-state index is 5.71. The van der Waals surface area contributed by atoms with Gasteiger partial charge in [-0.3, -0.25) is 4.90 Å². The highest BCUT2D eigenvalue weighted by atomic mass is 35.5. The van der Waals surface area contributed by atoms with Gasteiger partial charge in [-0.25, -0.2) is 4.98 Å². The van der Waals surface area contributed by atoms with Crippen molar-refractivity contribution in [3.63, 3.8) is 0 Å². The van der Waals surface area contributed by atoms with Crippen LogP contribution in [-0.4, -0.2) is 23.5 Å². The van der Waals surface area contributed by atoms with E-state index in [9.17, 15) is 0 Å². The molecule has 1 aromatic heterocycles. The van der Waals surface area contributed by atoms with Crippen LogP contribution in [-0.2, 0) is 6.54 Å². The molecule has 21 heavy (non-hydrogen) atoms. The summed E-state index contributed by atoms with van der Waals surface area (Å²) in [4.78, 5) is 7.85. The Hall–Kier alpha value is -1.30. The average molecular weight is 326 g/mol. The fourth-order valence-electron chi connectivity index (χ4n) is 2.91. The minimum atomic E-state index is 0. The van der Waals surface area contributed by atoms with E-state index in [4.69, 9.17) is 10.5 Å². The summed E-state index contributed by atoms with van der Waals surface area (Å²) in [6.07, 6.45) is 4.28. The van der Waals surface area contributed by atoms with E-state index in [1.54, 1.807) is 18.4 Å². The van der Waals surface area contributed by atoms with Crippen molar-refractivity contribution in [3.05, 3.63) is 40.9 Å². The Bertz CT molecular complexity index is 590. The number of methoxy groups -OCH3 is 1. The standard InChI is InChI=1S/C15H19N3OS.ClH/c1-19-14-7-3-2-5-12(14)13-6-4-8-18(13)10-11-9-17-15(16)20-11;/h2-3,5,7,9,13H,4,6,8,10H2,1H3,(H2,16,17);1H. The molecule has 2 N–H and O–H groups in total. The van der Waals surface area contributed by atoms with Crippen molar-refractivity contribution < 1.29 is 4.74 Å². The molecule has 1 aliphatic heterocycles. The van der Waals surface area contributed by atoms with Crippen LogP contribution < -0.4 is 10.5 Å². The van der Waals surface area contributed by atoms with Crippen LogP contribution in [0.3, 0.4) is 0 Å². The van der Waals surface area contributed by atoms with Gasteiger partial charge in [-0.2, -0.15) is 0 Å². The van der Waals surface area contributed by atoms with Gasteiger partial charge < -0.3 is 10.5 Å². The molecule has 6 heteroatoms. The third-order valence-electron chi connectivity index (χ3n) is 3.79. The van der Waals surface area contributed by atoms with E-state index in [1.807, 2.05) is 18.3 Å². The lowest BCUT2D eigenvalue weighted by Gasteiger charge is -2.25. The molecule has 1 aliphatic rings. The summed E-state index contributed by atoms with van der Waals surface area (Å²) in [7, 11) is 1.74. The number of hydrogen-bond donors (Lipinski definition) is 1. The molecule has 1 aromatic carbocycles. The molecule has 0 aliphatic carbocycles. The van der Waals surface area contributed by atoms with Crippen molar-refractivity contribution in [1.29, 1.82) is 0 Å². The summed E-state index contributed by atoms with van der Waals surface area (Å²) < 4.78 is 5.50. The van der Waals surface area contributed by atoms with Crippen LogP contribution in [0.1, 0.15) is 29.3 Å². The maximum absolute atomic E-state index is 5.71. The van der Waals surface area contributed by atoms with Gasteiger partial charge in [0.1, 0.15) is 5.75 Å². The number of likely N-dealkylation sites (tertiary alicyclic amines) is 1. The molecular weight excluding hydrogens is 306 g/mol. The van der Waals surface area contributed by atoms with Gasteiger partial charge in [-0.05, 0) is 25.5 Å². The molecule has 0 bridgehead atoms. The third-order valence-corrected chi connectivity index (χ3v) is 4.60. The number of benzene rings is 1. The van der Waals surface area contributed by atoms with E-state index < -0.39 is 0 Å². The quantitative estimate of drug-likeness (QED) is 0.934. The maximum Gasteiger partial charge on any atom is 0.180 e. The highest BCUT2D eigenvalue weighted by Gasteiger charge is 2.28. The monoisotopic (exact) mass is 325 g/mol. The van der Waals surface area contributed by atoms with E-state index in [2.05, 4.69) is 22.0 Å². The molecular formula is C15H20ClN3OS. The number of nitrogen functional groups attached to an aromatic ring is 1. The molecule has 1 saturated heterocycles. The number of nitrogens with zero attached hydrogens (tertiary/aromatic N) is 2. The number of halogens is 1. The Morgan fingerprint density at radius 3 is 2.95 bits per heavy atom. The molecule has 3 rings (SSSR count). The molecule has 1 atom stereocenters. The minimum Gasteiger partial charge on any atom is -0.496 e. The fraction of sp³-hybridized carbons (Fsp3) is 0.400. The van der Waals surface area contributed by atoms with E-state index in [0.29, 0.717) is 11.2 Å². The van der Waals surface area contributed by atoms with Crippen LogP contribution in [0.2, 0.25) is 0 Å². The van der Waals surface area contributed by atoms with Gasteiger partial charge in [0.15, 0.2) is 5.13 Å². The van der Waals surface area contributed by atoms with Gasteiger partial charge in [-0.15, -0.1) is 23.7 Å². The fourth-order valence-corrected chi connectivity index (χ4v) is 3.62. The zero-order chi connectivity index (χ0) is 13.9. The summed E-state index contributed by atoms with van der Waals surface area (Å²) in [5.74, 6) is 0.980. The first-order valence-electron chi connectivity index (χ1n) is 6.85. The molecule has 2 aromatic rings. The van der Waals surface area contributed by atoms with Crippen LogP contribution >= 0.6 is 23.7 Å². The Morgan fingerprint density at radius 2 is 2.24 bits per heavy atom. The van der Waals surface area contributed by atoms with Crippen molar-refractivity contribution in [2.24, 2.45) is 0 Å². The second-order valence-corrected chi connectivity index (χ2v) is 6.18. The minimum absolute atomic E-state index is 0. The Balaban J connectivity index is 0.00000161. The van der Waals surface area contributed by atoms with Gasteiger partial charge in [0.25, 0.3) is 0 Å². The van der Waals surface area contributed by atoms with Crippen molar-refractivity contribution in [1.82, 2.24) is 9.88 Å². The summed E-state index contributed by atoms with van der Waals surface area (Å²) >= 11 is 1.58. The Kier molecular flexibility index (Phi) is 5.45. The molecule has 1 unspecified atom stereocenters. The first-order valence-corrected chi connectivity index (χ1v) is 7.66.